The molecule has 0 saturated heterocycles. The fourth-order valence-electron chi connectivity index (χ4n) is 9.04. The first-order chi connectivity index (χ1) is 34.1. The van der Waals surface area contributed by atoms with Gasteiger partial charge in [-0.05, 0) is 48.5 Å². The Kier molecular flexibility index (Phi) is 8.75. The number of H-pyrrole nitrogens is 1. The van der Waals surface area contributed by atoms with Gasteiger partial charge in [0, 0.05) is 70.4 Å². The van der Waals surface area contributed by atoms with Crippen molar-refractivity contribution in [3.8, 4) is 85.9 Å². The number of amides is 1. The summed E-state index contributed by atoms with van der Waals surface area (Å²) in [6, 6.07) is 21.5. The number of pyridine rings is 6. The number of hydrogen-bond donors (Lipinski definition) is 1. The van der Waals surface area contributed by atoms with Crippen molar-refractivity contribution in [3.63, 3.8) is 0 Å². The van der Waals surface area contributed by atoms with Crippen LogP contribution in [0.4, 0.5) is 11.4 Å². The predicted molar refractivity (Wildman–Crippen MR) is 243 cm³/mol. The van der Waals surface area contributed by atoms with Crippen LogP contribution in [0.1, 0.15) is 11.3 Å². The van der Waals surface area contributed by atoms with Crippen molar-refractivity contribution < 1.29 is 47.4 Å². The fraction of sp³-hybridized carbons (Fsp3) is 0.188. The summed E-state index contributed by atoms with van der Waals surface area (Å²) in [6.07, 6.45) is 6.40. The average molecular weight is 940 g/mol. The van der Waals surface area contributed by atoms with Crippen molar-refractivity contribution in [2.75, 3.05) is 57.8 Å². The van der Waals surface area contributed by atoms with E-state index in [1.54, 1.807) is 61.1 Å². The van der Waals surface area contributed by atoms with Gasteiger partial charge in [-0.2, -0.15) is 0 Å². The predicted octanol–water partition coefficient (Wildman–Crippen LogP) is 6.43. The van der Waals surface area contributed by atoms with Crippen molar-refractivity contribution in [2.24, 2.45) is 0 Å². The van der Waals surface area contributed by atoms with E-state index in [0.717, 1.165) is 16.9 Å². The van der Waals surface area contributed by atoms with E-state index in [0.29, 0.717) is 129 Å². The van der Waals surface area contributed by atoms with Crippen LogP contribution in [0, 0.1) is 6.07 Å². The molecule has 339 valence electrons. The quantitative estimate of drug-likeness (QED) is 0.190. The Morgan fingerprint density at radius 3 is 2.35 bits per heavy atom. The molecule has 69 heavy (non-hydrogen) atoms. The Bertz CT molecular complexity index is 3570. The van der Waals surface area contributed by atoms with Crippen LogP contribution in [0.2, 0.25) is 0 Å². The van der Waals surface area contributed by atoms with Crippen LogP contribution in [-0.4, -0.2) is 103 Å². The summed E-state index contributed by atoms with van der Waals surface area (Å²) in [5.74, 6) is 2.42. The SMILES string of the molecule is O=C1N(c2ccc3c(c2)OCCO3)c2c(-c3cnc4c(c3-c3ccc5c(n3)OCCO5)OCCO4)[c]c(-c3cc4cccnc4[nH]3)nc2OC1(c1cnc2snnc2c1)c1cc2c(cn1)OCCO2. The van der Waals surface area contributed by atoms with Crippen LogP contribution in [0.25, 0.3) is 55.2 Å². The minimum atomic E-state index is -2.13. The summed E-state index contributed by atoms with van der Waals surface area (Å²) >= 11 is 1.12. The lowest BCUT2D eigenvalue weighted by Crippen LogP contribution is -2.54. The summed E-state index contributed by atoms with van der Waals surface area (Å²) in [5.41, 5.74) is 2.39. The molecule has 0 aliphatic carbocycles. The van der Waals surface area contributed by atoms with E-state index in [1.165, 1.54) is 11.1 Å². The molecule has 21 heteroatoms. The zero-order chi connectivity index (χ0) is 45.6. The summed E-state index contributed by atoms with van der Waals surface area (Å²) in [4.78, 5) is 51.3. The molecule has 0 bridgehead atoms. The first-order valence-electron chi connectivity index (χ1n) is 21.8. The molecule has 1 amide bonds. The van der Waals surface area contributed by atoms with Crippen molar-refractivity contribution in [2.45, 2.75) is 5.60 Å². The largest absolute Gasteiger partial charge is 0.486 e. The topological polar surface area (TPSA) is 222 Å². The molecule has 1 aromatic carbocycles. The van der Waals surface area contributed by atoms with Gasteiger partial charge in [-0.3, -0.25) is 14.7 Å². The lowest BCUT2D eigenvalue weighted by molar-refractivity contribution is -0.132. The van der Waals surface area contributed by atoms with Gasteiger partial charge >= 0.3 is 0 Å². The van der Waals surface area contributed by atoms with Gasteiger partial charge in [0.25, 0.3) is 23.3 Å². The number of aromatic nitrogens is 9. The molecule has 5 aliphatic rings. The van der Waals surface area contributed by atoms with E-state index in [4.69, 9.17) is 67.6 Å². The highest BCUT2D eigenvalue weighted by molar-refractivity contribution is 7.12. The molecule has 5 aliphatic heterocycles. The number of anilines is 2. The van der Waals surface area contributed by atoms with E-state index >= 15 is 4.79 Å². The van der Waals surface area contributed by atoms with Crippen molar-refractivity contribution in [1.29, 1.82) is 0 Å². The number of nitrogens with one attached hydrogen (secondary N) is 1. The molecule has 14 rings (SSSR count). The average Bonchev–Trinajstić information content (AvgIpc) is 4.08. The molecule has 1 N–H and O–H groups in total. The monoisotopic (exact) mass is 939 g/mol. The second-order valence-corrected chi connectivity index (χ2v) is 16.8. The third-order valence-corrected chi connectivity index (χ3v) is 12.8. The van der Waals surface area contributed by atoms with Gasteiger partial charge in [0.15, 0.2) is 39.3 Å². The van der Waals surface area contributed by atoms with E-state index in [-0.39, 0.29) is 48.5 Å². The summed E-state index contributed by atoms with van der Waals surface area (Å²) in [5, 5.41) is 5.16. The number of nitrogens with zero attached hydrogens (tertiary/aromatic N) is 9. The van der Waals surface area contributed by atoms with Gasteiger partial charge in [-0.1, -0.05) is 4.49 Å². The highest BCUT2D eigenvalue weighted by Gasteiger charge is 2.56. The molecule has 8 aromatic heterocycles. The number of fused-ring (bicyclic) bond motifs is 7. The van der Waals surface area contributed by atoms with E-state index in [2.05, 4.69) is 25.6 Å². The van der Waals surface area contributed by atoms with E-state index < -0.39 is 11.5 Å². The van der Waals surface area contributed by atoms with E-state index in [1.807, 2.05) is 18.2 Å². The standard InChI is InChI=1S/C48H31N10O10S/c59-47-48(25-17-32-46(52-21-25)69-57-56-32,38-20-36-37(23-50-38)64-11-10-63-36)68-44-40(58(47)26-3-5-33-35(18-26)62-9-8-60-33)27(19-31(55-44)30-16-24-2-1-7-49-42(24)53-30)28-22-51-45-41(65-13-15-67-45)39(28)29-4-6-34-43(54-29)66-14-12-61-34/h1-7,16-18,20-23H,8-15H2,(H,49,53). The van der Waals surface area contributed by atoms with Crippen LogP contribution >= 0.6 is 11.5 Å². The lowest BCUT2D eigenvalue weighted by atomic mass is 9.86. The summed E-state index contributed by atoms with van der Waals surface area (Å²) < 4.78 is 59.9. The van der Waals surface area contributed by atoms with E-state index in [9.17, 15) is 0 Å². The first kappa shape index (κ1) is 39.3. The Morgan fingerprint density at radius 2 is 1.46 bits per heavy atom. The highest BCUT2D eigenvalue weighted by atomic mass is 32.1. The molecular weight excluding hydrogens is 909 g/mol. The maximum atomic E-state index is 16.6. The zero-order valence-corrected chi connectivity index (χ0v) is 36.6. The van der Waals surface area contributed by atoms with Gasteiger partial charge in [-0.15, -0.1) is 5.10 Å². The maximum absolute atomic E-state index is 16.6. The second kappa shape index (κ2) is 15.3. The molecule has 0 fully saturated rings. The molecule has 20 nitrogen and oxygen atoms in total. The summed E-state index contributed by atoms with van der Waals surface area (Å²) in [6.45, 7) is 2.43. The number of aromatic amines is 1. The molecule has 1 atom stereocenters. The van der Waals surface area contributed by atoms with Crippen LogP contribution in [0.3, 0.4) is 0 Å². The first-order valence-corrected chi connectivity index (χ1v) is 22.6. The van der Waals surface area contributed by atoms with Gasteiger partial charge in [0.2, 0.25) is 5.88 Å². The zero-order valence-electron chi connectivity index (χ0n) is 35.8. The number of ether oxygens (including phenoxy) is 9. The van der Waals surface area contributed by atoms with Crippen molar-refractivity contribution >= 4 is 50.2 Å². The number of rotatable bonds is 6. The van der Waals surface area contributed by atoms with Gasteiger partial charge in [0.05, 0.1) is 34.5 Å². The van der Waals surface area contributed by atoms with Crippen molar-refractivity contribution in [1.82, 2.24) is 44.5 Å². The Balaban J connectivity index is 1.10. The van der Waals surface area contributed by atoms with Gasteiger partial charge in [0.1, 0.15) is 75.4 Å². The smallest absolute Gasteiger partial charge is 0.287 e. The third kappa shape index (κ3) is 6.23. The Labute approximate surface area is 392 Å². The lowest BCUT2D eigenvalue weighted by Gasteiger charge is -2.42. The third-order valence-electron chi connectivity index (χ3n) is 12.1. The Morgan fingerprint density at radius 1 is 0.681 bits per heavy atom. The number of benzene rings is 1. The molecule has 0 saturated carbocycles. The van der Waals surface area contributed by atoms with Crippen molar-refractivity contribution in [3.05, 3.63) is 103 Å². The highest BCUT2D eigenvalue weighted by Crippen LogP contribution is 2.56. The van der Waals surface area contributed by atoms with Gasteiger partial charge in [-0.25, -0.2) is 24.9 Å². The molecular formula is C48H31N10O10S. The second-order valence-electron chi connectivity index (χ2n) is 16.1. The Hall–Kier alpha value is -8.85. The molecule has 0 spiro atoms. The minimum Gasteiger partial charge on any atom is -0.486 e. The number of carbonyl (C=O) groups excluding carboxylic acids is 1. The minimum absolute atomic E-state index is 0.0102. The van der Waals surface area contributed by atoms with Crippen LogP contribution in [0.5, 0.6) is 52.1 Å². The van der Waals surface area contributed by atoms with Crippen LogP contribution < -0.4 is 47.5 Å². The number of carbonyl (C=O) groups is 1. The molecule has 1 radical (unpaired) electrons. The van der Waals surface area contributed by atoms with Crippen LogP contribution in [-0.2, 0) is 10.4 Å². The number of hydrogen-bond acceptors (Lipinski definition) is 19. The molecule has 1 unspecified atom stereocenters. The molecule has 9 aromatic rings. The fourth-order valence-corrected chi connectivity index (χ4v) is 9.54. The maximum Gasteiger partial charge on any atom is 0.287 e. The molecule has 13 heterocycles. The normalized spacial score (nSPS) is 17.6. The van der Waals surface area contributed by atoms with Gasteiger partial charge < -0.3 is 47.6 Å². The van der Waals surface area contributed by atoms with Crippen LogP contribution in [0.15, 0.2) is 85.5 Å². The summed E-state index contributed by atoms with van der Waals surface area (Å²) in [7, 11) is 0.